The number of hydrogen-bond donors (Lipinski definition) is 0. The van der Waals surface area contributed by atoms with E-state index in [9.17, 15) is 4.79 Å². The van der Waals surface area contributed by atoms with Crippen LogP contribution in [0.5, 0.6) is 0 Å². The lowest BCUT2D eigenvalue weighted by atomic mass is 9.96. The molecule has 2 aromatic carbocycles. The summed E-state index contributed by atoms with van der Waals surface area (Å²) < 4.78 is 11.1. The van der Waals surface area contributed by atoms with E-state index in [1.54, 1.807) is 0 Å². The van der Waals surface area contributed by atoms with Crippen molar-refractivity contribution in [3.05, 3.63) is 83.0 Å². The Balaban J connectivity index is 1.33. The molecule has 162 valence electrons. The summed E-state index contributed by atoms with van der Waals surface area (Å²) in [5.41, 5.74) is 3.07. The molecule has 0 N–H and O–H groups in total. The molecule has 0 bridgehead atoms. The summed E-state index contributed by atoms with van der Waals surface area (Å²) in [5, 5.41) is 4.16. The molecule has 2 heterocycles. The van der Waals surface area contributed by atoms with Crippen molar-refractivity contribution in [2.45, 2.75) is 51.7 Å². The lowest BCUT2D eigenvalue weighted by Crippen LogP contribution is -2.39. The molecule has 1 aromatic heterocycles. The highest BCUT2D eigenvalue weighted by Crippen LogP contribution is 2.26. The maximum atomic E-state index is 13.0. The van der Waals surface area contributed by atoms with E-state index >= 15 is 0 Å². The Bertz CT molecular complexity index is 983. The number of carbonyl (C=O) groups excluding carboxylic acids is 1. The molecule has 31 heavy (non-hydrogen) atoms. The Morgan fingerprint density at radius 3 is 2.65 bits per heavy atom. The number of carbonyl (C=O) groups is 1. The van der Waals surface area contributed by atoms with Gasteiger partial charge >= 0.3 is 0 Å². The van der Waals surface area contributed by atoms with Gasteiger partial charge < -0.3 is 14.2 Å². The summed E-state index contributed by atoms with van der Waals surface area (Å²) in [6, 6.07) is 17.9. The van der Waals surface area contributed by atoms with E-state index in [2.05, 4.69) is 24.0 Å². The fourth-order valence-corrected chi connectivity index (χ4v) is 3.89. The molecule has 1 aliphatic rings. The average molecular weight is 420 g/mol. The first-order chi connectivity index (χ1) is 15.1. The van der Waals surface area contributed by atoms with Crippen LogP contribution in [0.25, 0.3) is 0 Å². The van der Waals surface area contributed by atoms with Gasteiger partial charge in [-0.05, 0) is 42.0 Å². The fraction of sp³-hybridized carbons (Fsp3) is 0.400. The first kappa shape index (κ1) is 21.2. The molecule has 1 amide bonds. The number of likely N-dealkylation sites (tertiary alicyclic amines) is 1. The predicted molar refractivity (Wildman–Crippen MR) is 118 cm³/mol. The van der Waals surface area contributed by atoms with Crippen molar-refractivity contribution in [3.8, 4) is 0 Å². The van der Waals surface area contributed by atoms with Gasteiger partial charge in [0.1, 0.15) is 6.61 Å². The van der Waals surface area contributed by atoms with Crippen LogP contribution < -0.4 is 0 Å². The smallest absolute Gasteiger partial charge is 0.253 e. The molecule has 1 unspecified atom stereocenters. The van der Waals surface area contributed by atoms with Gasteiger partial charge in [-0.15, -0.1) is 0 Å². The monoisotopic (exact) mass is 419 g/mol. The summed E-state index contributed by atoms with van der Waals surface area (Å²) in [6.45, 7) is 6.44. The van der Waals surface area contributed by atoms with E-state index in [-0.39, 0.29) is 18.4 Å². The molecular formula is C25H29N3O3. The second-order valence-corrected chi connectivity index (χ2v) is 8.39. The molecule has 1 atom stereocenters. The maximum Gasteiger partial charge on any atom is 0.253 e. The lowest BCUT2D eigenvalue weighted by Gasteiger charge is -2.31. The van der Waals surface area contributed by atoms with Crippen molar-refractivity contribution in [2.24, 2.45) is 0 Å². The van der Waals surface area contributed by atoms with Crippen molar-refractivity contribution in [1.29, 1.82) is 0 Å². The van der Waals surface area contributed by atoms with Crippen LogP contribution in [0, 0.1) is 0 Å². The number of benzene rings is 2. The van der Waals surface area contributed by atoms with Crippen LogP contribution in [0.2, 0.25) is 0 Å². The summed E-state index contributed by atoms with van der Waals surface area (Å²) in [4.78, 5) is 19.4. The number of amides is 1. The van der Waals surface area contributed by atoms with Gasteiger partial charge in [0.05, 0.1) is 6.61 Å². The highest BCUT2D eigenvalue weighted by atomic mass is 16.5. The largest absolute Gasteiger partial charge is 0.367 e. The van der Waals surface area contributed by atoms with Crippen LogP contribution >= 0.6 is 0 Å². The summed E-state index contributed by atoms with van der Waals surface area (Å²) >= 11 is 0. The molecule has 0 saturated carbocycles. The van der Waals surface area contributed by atoms with Crippen molar-refractivity contribution in [3.63, 3.8) is 0 Å². The molecule has 0 radical (unpaired) electrons. The molecule has 1 saturated heterocycles. The van der Waals surface area contributed by atoms with Crippen LogP contribution in [0.1, 0.15) is 71.7 Å². The van der Waals surface area contributed by atoms with Gasteiger partial charge in [0, 0.05) is 24.6 Å². The molecule has 3 aromatic rings. The Hall–Kier alpha value is -2.99. The molecule has 6 heteroatoms. The number of rotatable bonds is 7. The van der Waals surface area contributed by atoms with Crippen LogP contribution in [0.15, 0.2) is 59.1 Å². The SMILES string of the molecule is CC(C)c1ccc(C(=O)N2CCCC(c3noc(COCc4ccccc4)n3)C2)cc1. The molecule has 6 nitrogen and oxygen atoms in total. The minimum atomic E-state index is 0.0647. The van der Waals surface area contributed by atoms with Crippen molar-refractivity contribution >= 4 is 5.91 Å². The van der Waals surface area contributed by atoms with Gasteiger partial charge in [-0.1, -0.05) is 61.5 Å². The molecule has 4 rings (SSSR count). The minimum absolute atomic E-state index is 0.0647. The highest BCUT2D eigenvalue weighted by Gasteiger charge is 2.28. The quantitative estimate of drug-likeness (QED) is 0.543. The standard InChI is InChI=1S/C25H29N3O3/c1-18(2)20-10-12-21(13-11-20)25(29)28-14-6-9-22(15-28)24-26-23(31-27-24)17-30-16-19-7-4-3-5-8-19/h3-5,7-8,10-13,18,22H,6,9,14-17H2,1-2H3. The second kappa shape index (κ2) is 9.88. The summed E-state index contributed by atoms with van der Waals surface area (Å²) in [5.74, 6) is 1.73. The van der Waals surface area contributed by atoms with Crippen LogP contribution in [-0.4, -0.2) is 34.0 Å². The topological polar surface area (TPSA) is 68.5 Å². The Morgan fingerprint density at radius 1 is 1.13 bits per heavy atom. The Labute approximate surface area is 183 Å². The van der Waals surface area contributed by atoms with Crippen molar-refractivity contribution in [1.82, 2.24) is 15.0 Å². The second-order valence-electron chi connectivity index (χ2n) is 8.39. The van der Waals surface area contributed by atoms with E-state index in [0.717, 1.165) is 30.5 Å². The van der Waals surface area contributed by atoms with Gasteiger partial charge in [0.25, 0.3) is 11.8 Å². The summed E-state index contributed by atoms with van der Waals surface area (Å²) in [7, 11) is 0. The predicted octanol–water partition coefficient (Wildman–Crippen LogP) is 4.93. The van der Waals surface area contributed by atoms with E-state index in [1.807, 2.05) is 59.5 Å². The number of piperidine rings is 1. The van der Waals surface area contributed by atoms with Gasteiger partial charge in [0.15, 0.2) is 5.82 Å². The van der Waals surface area contributed by atoms with Gasteiger partial charge in [-0.25, -0.2) is 0 Å². The van der Waals surface area contributed by atoms with Crippen molar-refractivity contribution in [2.75, 3.05) is 13.1 Å². The van der Waals surface area contributed by atoms with Crippen LogP contribution in [-0.2, 0) is 18.0 Å². The minimum Gasteiger partial charge on any atom is -0.367 e. The zero-order chi connectivity index (χ0) is 21.6. The molecule has 1 fully saturated rings. The highest BCUT2D eigenvalue weighted by molar-refractivity contribution is 5.94. The normalized spacial score (nSPS) is 16.6. The fourth-order valence-electron chi connectivity index (χ4n) is 3.89. The zero-order valence-electron chi connectivity index (χ0n) is 18.2. The van der Waals surface area contributed by atoms with E-state index in [4.69, 9.17) is 9.26 Å². The molecule has 0 spiro atoms. The molecule has 0 aliphatic carbocycles. The van der Waals surface area contributed by atoms with E-state index < -0.39 is 0 Å². The zero-order valence-corrected chi connectivity index (χ0v) is 18.2. The van der Waals surface area contributed by atoms with Crippen molar-refractivity contribution < 1.29 is 14.1 Å². The Kier molecular flexibility index (Phi) is 6.77. The first-order valence-electron chi connectivity index (χ1n) is 10.9. The maximum absolute atomic E-state index is 13.0. The molecular weight excluding hydrogens is 390 g/mol. The Morgan fingerprint density at radius 2 is 1.90 bits per heavy atom. The number of aromatic nitrogens is 2. The van der Waals surface area contributed by atoms with Gasteiger partial charge in [-0.2, -0.15) is 4.98 Å². The number of ether oxygens (including phenoxy) is 1. The van der Waals surface area contributed by atoms with Crippen LogP contribution in [0.4, 0.5) is 0 Å². The van der Waals surface area contributed by atoms with Gasteiger partial charge in [0.2, 0.25) is 0 Å². The first-order valence-corrected chi connectivity index (χ1v) is 10.9. The third-order valence-electron chi connectivity index (χ3n) is 5.72. The number of hydrogen-bond acceptors (Lipinski definition) is 5. The number of nitrogens with zero attached hydrogens (tertiary/aromatic N) is 3. The average Bonchev–Trinajstić information content (AvgIpc) is 3.28. The third-order valence-corrected chi connectivity index (χ3v) is 5.72. The summed E-state index contributed by atoms with van der Waals surface area (Å²) in [6.07, 6.45) is 1.87. The third kappa shape index (κ3) is 5.39. The van der Waals surface area contributed by atoms with Gasteiger partial charge in [-0.3, -0.25) is 4.79 Å². The van der Waals surface area contributed by atoms with E-state index in [1.165, 1.54) is 5.56 Å². The lowest BCUT2D eigenvalue weighted by molar-refractivity contribution is 0.0703. The van der Waals surface area contributed by atoms with Crippen LogP contribution in [0.3, 0.4) is 0 Å². The molecule has 1 aliphatic heterocycles. The van der Waals surface area contributed by atoms with E-state index in [0.29, 0.717) is 30.8 Å².